The summed E-state index contributed by atoms with van der Waals surface area (Å²) in [6.07, 6.45) is 4.25. The summed E-state index contributed by atoms with van der Waals surface area (Å²) < 4.78 is 8.09. The van der Waals surface area contributed by atoms with E-state index in [0.717, 1.165) is 60.3 Å². The first-order valence-corrected chi connectivity index (χ1v) is 10.8. The zero-order chi connectivity index (χ0) is 20.5. The molecule has 29 heavy (non-hydrogen) atoms. The molecule has 0 radical (unpaired) electrons. The van der Waals surface area contributed by atoms with Gasteiger partial charge in [-0.3, -0.25) is 4.40 Å². The molecule has 0 bridgehead atoms. The second kappa shape index (κ2) is 8.15. The second-order valence-electron chi connectivity index (χ2n) is 8.26. The number of hydrogen-bond acceptors (Lipinski definition) is 4. The fraction of sp³-hybridized carbons (Fsp3) is 0.500. The highest BCUT2D eigenvalue weighted by Crippen LogP contribution is 2.30. The Morgan fingerprint density at radius 1 is 1.17 bits per heavy atom. The van der Waals surface area contributed by atoms with Crippen LogP contribution in [-0.4, -0.2) is 46.0 Å². The fourth-order valence-corrected chi connectivity index (χ4v) is 4.39. The minimum absolute atomic E-state index is 0.0123. The summed E-state index contributed by atoms with van der Waals surface area (Å²) in [6, 6.07) is 8.03. The van der Waals surface area contributed by atoms with Gasteiger partial charge in [0.25, 0.3) is 0 Å². The van der Waals surface area contributed by atoms with Crippen LogP contribution < -0.4 is 0 Å². The molecule has 2 aromatic heterocycles. The van der Waals surface area contributed by atoms with Gasteiger partial charge in [0.1, 0.15) is 11.7 Å². The highest BCUT2D eigenvalue weighted by Gasteiger charge is 2.27. The van der Waals surface area contributed by atoms with Gasteiger partial charge in [-0.2, -0.15) is 0 Å². The average molecular weight is 394 g/mol. The molecule has 0 saturated carbocycles. The lowest BCUT2D eigenvalue weighted by Gasteiger charge is -2.31. The zero-order valence-corrected chi connectivity index (χ0v) is 18.0. The summed E-state index contributed by atoms with van der Waals surface area (Å²) in [6.45, 7) is 11.5. The van der Waals surface area contributed by atoms with Crippen LogP contribution in [0.1, 0.15) is 59.9 Å². The number of piperidine rings is 1. The van der Waals surface area contributed by atoms with E-state index >= 15 is 0 Å². The number of aromatic nitrogens is 2. The number of ether oxygens (including phenoxy) is 1. The number of unbranched alkanes of at least 4 members (excludes halogenated alkanes) is 1. The number of carbonyl (C=O) groups is 1. The van der Waals surface area contributed by atoms with Crippen molar-refractivity contribution in [1.29, 1.82) is 0 Å². The van der Waals surface area contributed by atoms with Gasteiger partial charge < -0.3 is 9.64 Å². The van der Waals surface area contributed by atoms with Crippen LogP contribution >= 0.6 is 0 Å². The lowest BCUT2D eigenvalue weighted by Crippen LogP contribution is -2.38. The van der Waals surface area contributed by atoms with Crippen LogP contribution in [0.4, 0.5) is 0 Å². The van der Waals surface area contributed by atoms with E-state index in [9.17, 15) is 4.79 Å². The van der Waals surface area contributed by atoms with Gasteiger partial charge >= 0.3 is 5.97 Å². The van der Waals surface area contributed by atoms with Crippen molar-refractivity contribution in [1.82, 2.24) is 14.3 Å². The van der Waals surface area contributed by atoms with Crippen molar-refractivity contribution < 1.29 is 9.53 Å². The number of carbonyl (C=O) groups excluding carboxylic acids is 1. The molecule has 1 aliphatic heterocycles. The molecule has 0 spiro atoms. The van der Waals surface area contributed by atoms with Gasteiger partial charge in [-0.15, -0.1) is 0 Å². The molecule has 0 atom stereocenters. The zero-order valence-electron chi connectivity index (χ0n) is 18.0. The number of nitrogens with zero attached hydrogens (tertiary/aromatic N) is 3. The van der Waals surface area contributed by atoms with E-state index in [2.05, 4.69) is 36.1 Å². The quantitative estimate of drug-likeness (QED) is 0.582. The maximum absolute atomic E-state index is 13.3. The Hall–Kier alpha value is -2.40. The summed E-state index contributed by atoms with van der Waals surface area (Å²) in [5.41, 5.74) is 5.54. The Bertz CT molecular complexity index is 1050. The molecule has 1 aromatic carbocycles. The van der Waals surface area contributed by atoms with E-state index in [4.69, 9.17) is 9.72 Å². The molecule has 3 heterocycles. The van der Waals surface area contributed by atoms with Crippen molar-refractivity contribution in [2.75, 3.05) is 19.6 Å². The Labute approximate surface area is 172 Å². The van der Waals surface area contributed by atoms with Crippen molar-refractivity contribution in [2.45, 2.75) is 59.5 Å². The fourth-order valence-electron chi connectivity index (χ4n) is 4.39. The third kappa shape index (κ3) is 3.64. The standard InChI is InChI=1S/C24H31N3O2/c1-5-6-13-26-14-11-19(12-15-26)29-24(28)22-20-9-7-8-10-21(20)27-18(4)16(2)17(3)25-23(22)27/h7-10,19H,5-6,11-15H2,1-4H3. The van der Waals surface area contributed by atoms with E-state index in [-0.39, 0.29) is 12.1 Å². The van der Waals surface area contributed by atoms with Crippen LogP contribution in [0.15, 0.2) is 24.3 Å². The van der Waals surface area contributed by atoms with Gasteiger partial charge in [0.2, 0.25) is 0 Å². The van der Waals surface area contributed by atoms with Crippen LogP contribution in [0, 0.1) is 20.8 Å². The number of fused-ring (bicyclic) bond motifs is 3. The van der Waals surface area contributed by atoms with Crippen molar-refractivity contribution >= 4 is 22.5 Å². The lowest BCUT2D eigenvalue weighted by molar-refractivity contribution is 0.0116. The largest absolute Gasteiger partial charge is 0.459 e. The van der Waals surface area contributed by atoms with Crippen molar-refractivity contribution in [3.8, 4) is 0 Å². The maximum atomic E-state index is 13.3. The molecule has 5 nitrogen and oxygen atoms in total. The second-order valence-corrected chi connectivity index (χ2v) is 8.26. The Balaban J connectivity index is 1.64. The summed E-state index contributed by atoms with van der Waals surface area (Å²) >= 11 is 0. The molecular weight excluding hydrogens is 362 g/mol. The van der Waals surface area contributed by atoms with Crippen LogP contribution in [-0.2, 0) is 4.74 Å². The monoisotopic (exact) mass is 393 g/mol. The maximum Gasteiger partial charge on any atom is 0.342 e. The van der Waals surface area contributed by atoms with Crippen LogP contribution in [0.2, 0.25) is 0 Å². The summed E-state index contributed by atoms with van der Waals surface area (Å²) in [5, 5.41) is 0.915. The average Bonchev–Trinajstić information content (AvgIpc) is 3.05. The summed E-state index contributed by atoms with van der Waals surface area (Å²) in [4.78, 5) is 20.5. The number of likely N-dealkylation sites (tertiary alicyclic amines) is 1. The van der Waals surface area contributed by atoms with E-state index in [0.29, 0.717) is 11.2 Å². The Morgan fingerprint density at radius 3 is 2.62 bits per heavy atom. The van der Waals surface area contributed by atoms with Gasteiger partial charge in [0, 0.05) is 29.9 Å². The predicted octanol–water partition coefficient (Wildman–Crippen LogP) is 4.83. The number of benzene rings is 1. The number of esters is 1. The Kier molecular flexibility index (Phi) is 5.59. The molecule has 0 N–H and O–H groups in total. The summed E-state index contributed by atoms with van der Waals surface area (Å²) in [5.74, 6) is -0.245. The SMILES string of the molecule is CCCCN1CCC(OC(=O)c2c3ccccc3n3c(C)c(C)c(C)nc23)CC1. The minimum Gasteiger partial charge on any atom is -0.459 e. The molecular formula is C24H31N3O2. The van der Waals surface area contributed by atoms with Crippen molar-refractivity contribution in [2.24, 2.45) is 0 Å². The molecule has 1 aliphatic rings. The normalized spacial score (nSPS) is 16.0. The van der Waals surface area contributed by atoms with Crippen LogP contribution in [0.3, 0.4) is 0 Å². The third-order valence-corrected chi connectivity index (χ3v) is 6.38. The molecule has 1 fully saturated rings. The molecule has 154 valence electrons. The number of rotatable bonds is 5. The van der Waals surface area contributed by atoms with Gasteiger partial charge in [-0.05, 0) is 58.2 Å². The van der Waals surface area contributed by atoms with E-state index < -0.39 is 0 Å². The van der Waals surface area contributed by atoms with Gasteiger partial charge in [-0.25, -0.2) is 9.78 Å². The molecule has 0 amide bonds. The number of hydrogen-bond donors (Lipinski definition) is 0. The van der Waals surface area contributed by atoms with Gasteiger partial charge in [0.05, 0.1) is 5.52 Å². The highest BCUT2D eigenvalue weighted by molar-refractivity contribution is 6.11. The highest BCUT2D eigenvalue weighted by atomic mass is 16.5. The first-order chi connectivity index (χ1) is 14.0. The first-order valence-electron chi connectivity index (χ1n) is 10.8. The van der Waals surface area contributed by atoms with Crippen molar-refractivity contribution in [3.05, 3.63) is 46.8 Å². The smallest absolute Gasteiger partial charge is 0.342 e. The van der Waals surface area contributed by atoms with Gasteiger partial charge in [-0.1, -0.05) is 31.5 Å². The number of aryl methyl sites for hydroxylation is 2. The molecule has 0 aliphatic carbocycles. The van der Waals surface area contributed by atoms with Crippen LogP contribution in [0.25, 0.3) is 16.6 Å². The molecule has 3 aromatic rings. The first kappa shape index (κ1) is 19.9. The lowest BCUT2D eigenvalue weighted by atomic mass is 10.1. The van der Waals surface area contributed by atoms with E-state index in [1.807, 2.05) is 25.1 Å². The van der Waals surface area contributed by atoms with Gasteiger partial charge in [0.15, 0.2) is 5.65 Å². The summed E-state index contributed by atoms with van der Waals surface area (Å²) in [7, 11) is 0. The molecule has 4 rings (SSSR count). The molecule has 5 heteroatoms. The minimum atomic E-state index is -0.245. The topological polar surface area (TPSA) is 46.8 Å². The van der Waals surface area contributed by atoms with Crippen molar-refractivity contribution in [3.63, 3.8) is 0 Å². The number of para-hydroxylation sites is 1. The third-order valence-electron chi connectivity index (χ3n) is 6.38. The van der Waals surface area contributed by atoms with Crippen LogP contribution in [0.5, 0.6) is 0 Å². The molecule has 0 unspecified atom stereocenters. The predicted molar refractivity (Wildman–Crippen MR) is 117 cm³/mol. The van der Waals surface area contributed by atoms with E-state index in [1.165, 1.54) is 12.8 Å². The molecule has 1 saturated heterocycles. The Morgan fingerprint density at radius 2 is 1.90 bits per heavy atom. The van der Waals surface area contributed by atoms with E-state index in [1.54, 1.807) is 0 Å².